The number of benzene rings is 1. The Balaban J connectivity index is 1.70. The van der Waals surface area contributed by atoms with E-state index in [4.69, 9.17) is 4.74 Å². The predicted molar refractivity (Wildman–Crippen MR) is 110 cm³/mol. The Hall–Kier alpha value is -1.79. The lowest BCUT2D eigenvalue weighted by atomic mass is 10.2. The standard InChI is InChI=1S/C20H27N3O2S/c1-5-22(6-2)17-9-7-16(8-10-17)11-18-19(24)21-20(26-18)23-12-14(3)25-15(4)13-23/h7-11,14-15H,5-6,12-13H2,1-4H3/b18-11-/t14-,15-/m1/s1. The van der Waals surface area contributed by atoms with Gasteiger partial charge < -0.3 is 14.5 Å². The average molecular weight is 374 g/mol. The van der Waals surface area contributed by atoms with Crippen LogP contribution in [0.15, 0.2) is 34.2 Å². The van der Waals surface area contributed by atoms with Gasteiger partial charge in [0, 0.05) is 31.9 Å². The average Bonchev–Trinajstić information content (AvgIpc) is 2.97. The Morgan fingerprint density at radius 1 is 1.19 bits per heavy atom. The van der Waals surface area contributed by atoms with Crippen LogP contribution >= 0.6 is 11.8 Å². The van der Waals surface area contributed by atoms with Crippen LogP contribution in [0.2, 0.25) is 0 Å². The molecule has 0 spiro atoms. The molecule has 26 heavy (non-hydrogen) atoms. The van der Waals surface area contributed by atoms with Crippen molar-refractivity contribution in [3.8, 4) is 0 Å². The number of aliphatic imine (C=N–C) groups is 1. The van der Waals surface area contributed by atoms with Gasteiger partial charge in [0.15, 0.2) is 5.17 Å². The van der Waals surface area contributed by atoms with Crippen LogP contribution in [-0.2, 0) is 9.53 Å². The molecule has 0 saturated carbocycles. The minimum atomic E-state index is -0.149. The summed E-state index contributed by atoms with van der Waals surface area (Å²) in [5, 5.41) is 0.794. The summed E-state index contributed by atoms with van der Waals surface area (Å²) in [6.45, 7) is 11.9. The van der Waals surface area contributed by atoms with Gasteiger partial charge >= 0.3 is 0 Å². The van der Waals surface area contributed by atoms with Gasteiger partial charge in [-0.3, -0.25) is 4.79 Å². The van der Waals surface area contributed by atoms with Gasteiger partial charge in [0.05, 0.1) is 17.1 Å². The molecular formula is C20H27N3O2S. The molecule has 1 amide bonds. The van der Waals surface area contributed by atoms with Gasteiger partial charge in [0.1, 0.15) is 0 Å². The topological polar surface area (TPSA) is 45.1 Å². The van der Waals surface area contributed by atoms with Crippen molar-refractivity contribution in [2.45, 2.75) is 39.9 Å². The zero-order chi connectivity index (χ0) is 18.7. The number of carbonyl (C=O) groups excluding carboxylic acids is 1. The van der Waals surface area contributed by atoms with Gasteiger partial charge in [0.2, 0.25) is 0 Å². The number of amidine groups is 1. The van der Waals surface area contributed by atoms with E-state index in [1.54, 1.807) is 0 Å². The Morgan fingerprint density at radius 3 is 2.38 bits per heavy atom. The Bertz CT molecular complexity index is 700. The first-order valence-electron chi connectivity index (χ1n) is 9.28. The van der Waals surface area contributed by atoms with E-state index in [1.807, 2.05) is 6.08 Å². The number of amides is 1. The van der Waals surface area contributed by atoms with Gasteiger partial charge in [-0.05, 0) is 63.2 Å². The molecule has 1 fully saturated rings. The number of hydrogen-bond acceptors (Lipinski definition) is 5. The lowest BCUT2D eigenvalue weighted by Gasteiger charge is -2.35. The second-order valence-corrected chi connectivity index (χ2v) is 7.75. The summed E-state index contributed by atoms with van der Waals surface area (Å²) in [7, 11) is 0. The Morgan fingerprint density at radius 2 is 1.81 bits per heavy atom. The fraction of sp³-hybridized carbons (Fsp3) is 0.500. The third kappa shape index (κ3) is 4.30. The fourth-order valence-corrected chi connectivity index (χ4v) is 4.32. The van der Waals surface area contributed by atoms with E-state index in [2.05, 4.69) is 66.8 Å². The number of rotatable bonds is 4. The van der Waals surface area contributed by atoms with Gasteiger partial charge in [-0.15, -0.1) is 0 Å². The zero-order valence-electron chi connectivity index (χ0n) is 15.9. The SMILES string of the molecule is CCN(CC)c1ccc(/C=C2\SC(N3C[C@@H](C)O[C@H](C)C3)=NC2=O)cc1. The molecule has 1 saturated heterocycles. The number of thioether (sulfide) groups is 1. The third-order valence-electron chi connectivity index (χ3n) is 4.62. The molecule has 2 atom stereocenters. The molecular weight excluding hydrogens is 346 g/mol. The van der Waals surface area contributed by atoms with Gasteiger partial charge in [0.25, 0.3) is 5.91 Å². The number of nitrogens with zero attached hydrogens (tertiary/aromatic N) is 3. The molecule has 2 heterocycles. The van der Waals surface area contributed by atoms with Crippen LogP contribution in [0.5, 0.6) is 0 Å². The zero-order valence-corrected chi connectivity index (χ0v) is 16.8. The van der Waals surface area contributed by atoms with Crippen molar-refractivity contribution in [1.29, 1.82) is 0 Å². The maximum atomic E-state index is 12.3. The molecule has 1 aromatic carbocycles. The minimum Gasteiger partial charge on any atom is -0.372 e. The second-order valence-electron chi connectivity index (χ2n) is 6.74. The summed E-state index contributed by atoms with van der Waals surface area (Å²) in [5.41, 5.74) is 2.23. The van der Waals surface area contributed by atoms with Crippen LogP contribution in [0.3, 0.4) is 0 Å². The summed E-state index contributed by atoms with van der Waals surface area (Å²) < 4.78 is 5.76. The molecule has 2 aliphatic heterocycles. The lowest BCUT2D eigenvalue weighted by molar-refractivity contribution is -0.113. The molecule has 140 valence electrons. The molecule has 0 N–H and O–H groups in total. The molecule has 1 aromatic rings. The minimum absolute atomic E-state index is 0.149. The highest BCUT2D eigenvalue weighted by molar-refractivity contribution is 8.18. The second kappa shape index (κ2) is 8.27. The van der Waals surface area contributed by atoms with E-state index in [0.717, 1.165) is 36.9 Å². The van der Waals surface area contributed by atoms with Crippen molar-refractivity contribution >= 4 is 34.6 Å². The van der Waals surface area contributed by atoms with E-state index in [0.29, 0.717) is 4.91 Å². The molecule has 0 aromatic heterocycles. The molecule has 2 aliphatic rings. The number of carbonyl (C=O) groups is 1. The van der Waals surface area contributed by atoms with Crippen molar-refractivity contribution < 1.29 is 9.53 Å². The maximum absolute atomic E-state index is 12.3. The van der Waals surface area contributed by atoms with Crippen LogP contribution in [0.1, 0.15) is 33.3 Å². The fourth-order valence-electron chi connectivity index (χ4n) is 3.39. The van der Waals surface area contributed by atoms with Crippen molar-refractivity contribution in [3.05, 3.63) is 34.7 Å². The molecule has 0 bridgehead atoms. The van der Waals surface area contributed by atoms with Crippen molar-refractivity contribution in [1.82, 2.24) is 4.90 Å². The highest BCUT2D eigenvalue weighted by atomic mass is 32.2. The highest BCUT2D eigenvalue weighted by Crippen LogP contribution is 2.31. The maximum Gasteiger partial charge on any atom is 0.286 e. The van der Waals surface area contributed by atoms with Crippen LogP contribution in [0, 0.1) is 0 Å². The number of anilines is 1. The summed E-state index contributed by atoms with van der Waals surface area (Å²) in [5.74, 6) is -0.149. The monoisotopic (exact) mass is 373 g/mol. The van der Waals surface area contributed by atoms with Crippen LogP contribution < -0.4 is 4.90 Å². The molecule has 3 rings (SSSR count). The molecule has 5 nitrogen and oxygen atoms in total. The molecule has 0 radical (unpaired) electrons. The summed E-state index contributed by atoms with van der Waals surface area (Å²) >= 11 is 1.47. The number of hydrogen-bond donors (Lipinski definition) is 0. The first-order valence-corrected chi connectivity index (χ1v) is 10.1. The van der Waals surface area contributed by atoms with Crippen molar-refractivity contribution in [2.75, 3.05) is 31.1 Å². The lowest BCUT2D eigenvalue weighted by Crippen LogP contribution is -2.47. The first kappa shape index (κ1) is 19.0. The molecule has 6 heteroatoms. The van der Waals surface area contributed by atoms with Crippen LogP contribution in [-0.4, -0.2) is 54.4 Å². The normalized spacial score (nSPS) is 24.9. The van der Waals surface area contributed by atoms with Gasteiger partial charge in [-0.1, -0.05) is 12.1 Å². The van der Waals surface area contributed by atoms with E-state index < -0.39 is 0 Å². The van der Waals surface area contributed by atoms with E-state index in [9.17, 15) is 4.79 Å². The molecule has 0 aliphatic carbocycles. The van der Waals surface area contributed by atoms with E-state index in [-0.39, 0.29) is 18.1 Å². The largest absolute Gasteiger partial charge is 0.372 e. The number of morpholine rings is 1. The van der Waals surface area contributed by atoms with Crippen molar-refractivity contribution in [3.63, 3.8) is 0 Å². The van der Waals surface area contributed by atoms with Crippen molar-refractivity contribution in [2.24, 2.45) is 4.99 Å². The Labute approximate surface area is 160 Å². The van der Waals surface area contributed by atoms with Crippen LogP contribution in [0.4, 0.5) is 5.69 Å². The number of ether oxygens (including phenoxy) is 1. The predicted octanol–water partition coefficient (Wildman–Crippen LogP) is 3.61. The summed E-state index contributed by atoms with van der Waals surface area (Å²) in [6.07, 6.45) is 2.23. The highest BCUT2D eigenvalue weighted by Gasteiger charge is 2.30. The van der Waals surface area contributed by atoms with Gasteiger partial charge in [-0.2, -0.15) is 4.99 Å². The first-order chi connectivity index (χ1) is 12.5. The van der Waals surface area contributed by atoms with E-state index in [1.165, 1.54) is 17.4 Å². The Kier molecular flexibility index (Phi) is 6.04. The summed E-state index contributed by atoms with van der Waals surface area (Å²) in [6, 6.07) is 8.34. The summed E-state index contributed by atoms with van der Waals surface area (Å²) in [4.78, 5) is 21.7. The van der Waals surface area contributed by atoms with E-state index >= 15 is 0 Å². The smallest absolute Gasteiger partial charge is 0.286 e. The third-order valence-corrected chi connectivity index (χ3v) is 5.66. The van der Waals surface area contributed by atoms with Gasteiger partial charge in [-0.25, -0.2) is 0 Å². The van der Waals surface area contributed by atoms with Crippen LogP contribution in [0.25, 0.3) is 6.08 Å². The quantitative estimate of drug-likeness (QED) is 0.755. The molecule has 0 unspecified atom stereocenters.